The first-order valence-corrected chi connectivity index (χ1v) is 7.29. The van der Waals surface area contributed by atoms with Crippen LogP contribution >= 0.6 is 11.6 Å². The number of alkyl halides is 3. The molecule has 0 radical (unpaired) electrons. The Morgan fingerprint density at radius 2 is 1.95 bits per heavy atom. The van der Waals surface area contributed by atoms with Gasteiger partial charge in [-0.15, -0.1) is 0 Å². The summed E-state index contributed by atoms with van der Waals surface area (Å²) in [6, 6.07) is 2.07. The van der Waals surface area contributed by atoms with E-state index in [1.807, 2.05) is 0 Å². The van der Waals surface area contributed by atoms with E-state index in [-0.39, 0.29) is 11.6 Å². The third-order valence-corrected chi connectivity index (χ3v) is 4.77. The monoisotopic (exact) mass is 331 g/mol. The smallest absolute Gasteiger partial charge is 0.392 e. The lowest BCUT2D eigenvalue weighted by Crippen LogP contribution is -2.33. The zero-order chi connectivity index (χ0) is 15.7. The van der Waals surface area contributed by atoms with Crippen LogP contribution in [0.1, 0.15) is 12.5 Å². The molecule has 1 aromatic carbocycles. The van der Waals surface area contributed by atoms with Crippen LogP contribution in [0.2, 0.25) is 5.02 Å². The van der Waals surface area contributed by atoms with Crippen LogP contribution in [0.4, 0.5) is 13.2 Å². The second-order valence-corrected chi connectivity index (χ2v) is 6.70. The predicted molar refractivity (Wildman–Crippen MR) is 68.0 cm³/mol. The highest BCUT2D eigenvalue weighted by molar-refractivity contribution is 7.89. The van der Waals surface area contributed by atoms with E-state index >= 15 is 0 Å². The van der Waals surface area contributed by atoms with Gasteiger partial charge in [0.2, 0.25) is 10.0 Å². The van der Waals surface area contributed by atoms with Crippen LogP contribution in [0.5, 0.6) is 0 Å². The van der Waals surface area contributed by atoms with E-state index in [4.69, 9.17) is 16.7 Å². The highest BCUT2D eigenvalue weighted by Gasteiger charge is 2.33. The number of hydrogen-bond acceptors (Lipinski definition) is 3. The summed E-state index contributed by atoms with van der Waals surface area (Å²) in [6.45, 7) is 1.11. The van der Waals surface area contributed by atoms with E-state index in [2.05, 4.69) is 0 Å². The summed E-state index contributed by atoms with van der Waals surface area (Å²) in [5.41, 5.74) is -1.11. The Morgan fingerprint density at radius 3 is 2.40 bits per heavy atom. The summed E-state index contributed by atoms with van der Waals surface area (Å²) in [6.07, 6.45) is -5.63. The molecule has 1 unspecified atom stereocenters. The molecule has 1 N–H and O–H groups in total. The Morgan fingerprint density at radius 1 is 1.40 bits per heavy atom. The number of sulfonamides is 1. The molecule has 1 aromatic rings. The van der Waals surface area contributed by atoms with E-state index in [0.29, 0.717) is 12.1 Å². The van der Waals surface area contributed by atoms with Crippen LogP contribution in [-0.2, 0) is 16.2 Å². The minimum absolute atomic E-state index is 0.255. The molecule has 0 fully saturated rings. The molecule has 0 aliphatic carbocycles. The van der Waals surface area contributed by atoms with Gasteiger partial charge in [0, 0.05) is 13.6 Å². The molecule has 20 heavy (non-hydrogen) atoms. The number of aliphatic hydroxyl groups is 1. The molecule has 4 nitrogen and oxygen atoms in total. The maximum Gasteiger partial charge on any atom is 0.416 e. The minimum atomic E-state index is -4.67. The number of likely N-dealkylation sites (N-methyl/N-ethyl adjacent to an activating group) is 1. The van der Waals surface area contributed by atoms with Gasteiger partial charge >= 0.3 is 6.18 Å². The van der Waals surface area contributed by atoms with Crippen molar-refractivity contribution in [2.45, 2.75) is 24.1 Å². The van der Waals surface area contributed by atoms with E-state index in [1.165, 1.54) is 6.92 Å². The Labute approximate surface area is 119 Å². The quantitative estimate of drug-likeness (QED) is 0.921. The molecule has 0 aromatic heterocycles. The molecule has 0 spiro atoms. The van der Waals surface area contributed by atoms with Crippen LogP contribution in [0, 0.1) is 0 Å². The Kier molecular flexibility index (Phi) is 5.07. The van der Waals surface area contributed by atoms with E-state index in [1.54, 1.807) is 0 Å². The van der Waals surface area contributed by atoms with Gasteiger partial charge in [-0.25, -0.2) is 8.42 Å². The number of halogens is 4. The lowest BCUT2D eigenvalue weighted by Gasteiger charge is -2.20. The van der Waals surface area contributed by atoms with Gasteiger partial charge in [-0.05, 0) is 25.1 Å². The molecule has 0 saturated carbocycles. The second-order valence-electron chi connectivity index (χ2n) is 4.28. The average Bonchev–Trinajstić information content (AvgIpc) is 2.26. The standard InChI is InChI=1S/C11H13ClF3NO3S/c1-7(17)6-16(2)20(18,19)10-5-8(11(13,14)15)3-4-9(10)12/h3-5,7,17H,6H2,1-2H3. The van der Waals surface area contributed by atoms with Gasteiger partial charge in [-0.3, -0.25) is 0 Å². The van der Waals surface area contributed by atoms with Crippen LogP contribution in [0.3, 0.4) is 0 Å². The van der Waals surface area contributed by atoms with Crippen molar-refractivity contribution in [3.8, 4) is 0 Å². The summed E-state index contributed by atoms with van der Waals surface area (Å²) in [4.78, 5) is -0.642. The van der Waals surface area contributed by atoms with Gasteiger partial charge in [-0.1, -0.05) is 11.6 Å². The maximum atomic E-state index is 12.6. The lowest BCUT2D eigenvalue weighted by molar-refractivity contribution is -0.137. The van der Waals surface area contributed by atoms with Crippen molar-refractivity contribution in [3.05, 3.63) is 28.8 Å². The van der Waals surface area contributed by atoms with Gasteiger partial charge in [-0.2, -0.15) is 17.5 Å². The van der Waals surface area contributed by atoms with E-state index in [9.17, 15) is 21.6 Å². The largest absolute Gasteiger partial charge is 0.416 e. The summed E-state index contributed by atoms with van der Waals surface area (Å²) in [5, 5.41) is 8.86. The fraction of sp³-hybridized carbons (Fsp3) is 0.455. The third-order valence-electron chi connectivity index (χ3n) is 2.47. The summed E-state index contributed by atoms with van der Waals surface area (Å²) in [7, 11) is -3.05. The highest BCUT2D eigenvalue weighted by Crippen LogP contribution is 2.34. The minimum Gasteiger partial charge on any atom is -0.392 e. The number of rotatable bonds is 4. The van der Waals surface area contributed by atoms with Gasteiger partial charge in [0.15, 0.2) is 0 Å². The zero-order valence-electron chi connectivity index (χ0n) is 10.6. The number of hydrogen-bond donors (Lipinski definition) is 1. The van der Waals surface area contributed by atoms with Gasteiger partial charge < -0.3 is 5.11 Å². The predicted octanol–water partition coefficient (Wildman–Crippen LogP) is 2.36. The molecule has 0 heterocycles. The van der Waals surface area contributed by atoms with Crippen molar-refractivity contribution in [1.29, 1.82) is 0 Å². The van der Waals surface area contributed by atoms with Crippen LogP contribution < -0.4 is 0 Å². The van der Waals surface area contributed by atoms with Crippen molar-refractivity contribution in [3.63, 3.8) is 0 Å². The highest BCUT2D eigenvalue weighted by atomic mass is 35.5. The van der Waals surface area contributed by atoms with Gasteiger partial charge in [0.1, 0.15) is 4.90 Å². The van der Waals surface area contributed by atoms with Crippen molar-refractivity contribution in [1.82, 2.24) is 4.31 Å². The number of benzene rings is 1. The third kappa shape index (κ3) is 3.85. The molecule has 0 aliphatic heterocycles. The SMILES string of the molecule is CC(O)CN(C)S(=O)(=O)c1cc(C(F)(F)F)ccc1Cl. The van der Waals surface area contributed by atoms with E-state index in [0.717, 1.165) is 17.4 Å². The van der Waals surface area contributed by atoms with Crippen LogP contribution in [0.25, 0.3) is 0 Å². The van der Waals surface area contributed by atoms with Crippen molar-refractivity contribution < 1.29 is 26.7 Å². The average molecular weight is 332 g/mol. The molecule has 9 heteroatoms. The Balaban J connectivity index is 3.31. The van der Waals surface area contributed by atoms with Crippen molar-refractivity contribution in [2.24, 2.45) is 0 Å². The van der Waals surface area contributed by atoms with Crippen LogP contribution in [0.15, 0.2) is 23.1 Å². The molecule has 114 valence electrons. The first-order chi connectivity index (χ1) is 8.96. The molecular formula is C11H13ClF3NO3S. The lowest BCUT2D eigenvalue weighted by atomic mass is 10.2. The first kappa shape index (κ1) is 17.2. The Bertz CT molecular complexity index is 587. The molecule has 0 amide bonds. The van der Waals surface area contributed by atoms with Gasteiger partial charge in [0.05, 0.1) is 16.7 Å². The zero-order valence-corrected chi connectivity index (χ0v) is 12.2. The summed E-state index contributed by atoms with van der Waals surface area (Å²) in [5.74, 6) is 0. The topological polar surface area (TPSA) is 57.6 Å². The van der Waals surface area contributed by atoms with Crippen LogP contribution in [-0.4, -0.2) is 37.5 Å². The van der Waals surface area contributed by atoms with Crippen molar-refractivity contribution in [2.75, 3.05) is 13.6 Å². The Hall–Kier alpha value is -0.830. The summed E-state index contributed by atoms with van der Waals surface area (Å²) >= 11 is 5.68. The molecule has 0 aliphatic rings. The maximum absolute atomic E-state index is 12.6. The fourth-order valence-corrected chi connectivity index (χ4v) is 3.26. The second kappa shape index (κ2) is 5.88. The molecule has 0 bridgehead atoms. The number of aliphatic hydroxyl groups excluding tert-OH is 1. The molecule has 1 rings (SSSR count). The van der Waals surface area contributed by atoms with Gasteiger partial charge in [0.25, 0.3) is 0 Å². The van der Waals surface area contributed by atoms with Crippen molar-refractivity contribution >= 4 is 21.6 Å². The molecular weight excluding hydrogens is 319 g/mol. The first-order valence-electron chi connectivity index (χ1n) is 5.47. The normalized spacial score (nSPS) is 14.6. The molecule has 0 saturated heterocycles. The number of nitrogens with zero attached hydrogens (tertiary/aromatic N) is 1. The van der Waals surface area contributed by atoms with E-state index < -0.39 is 32.8 Å². The molecule has 1 atom stereocenters. The summed E-state index contributed by atoms with van der Waals surface area (Å²) < 4.78 is 62.8. The fourth-order valence-electron chi connectivity index (χ4n) is 1.52.